The van der Waals surface area contributed by atoms with Gasteiger partial charge in [-0.3, -0.25) is 4.68 Å². The zero-order valence-electron chi connectivity index (χ0n) is 11.4. The highest BCUT2D eigenvalue weighted by atomic mass is 127. The molecule has 1 aromatic carbocycles. The molecule has 1 N–H and O–H groups in total. The van der Waals surface area contributed by atoms with Crippen LogP contribution >= 0.6 is 45.8 Å². The van der Waals surface area contributed by atoms with Gasteiger partial charge in [0.25, 0.3) is 0 Å². The molecular formula is C14H16Cl2IN3. The van der Waals surface area contributed by atoms with Gasteiger partial charge in [0, 0.05) is 20.8 Å². The van der Waals surface area contributed by atoms with Gasteiger partial charge in [0.15, 0.2) is 0 Å². The van der Waals surface area contributed by atoms with Crippen LogP contribution in [0.5, 0.6) is 0 Å². The first-order valence-electron chi connectivity index (χ1n) is 6.49. The normalized spacial score (nSPS) is 10.8. The van der Waals surface area contributed by atoms with E-state index in [1.54, 1.807) is 0 Å². The third kappa shape index (κ3) is 3.40. The van der Waals surface area contributed by atoms with E-state index in [0.717, 1.165) is 43.7 Å². The number of aryl methyl sites for hydroxylation is 2. The van der Waals surface area contributed by atoms with E-state index < -0.39 is 0 Å². The molecule has 6 heteroatoms. The highest BCUT2D eigenvalue weighted by molar-refractivity contribution is 14.1. The largest absolute Gasteiger partial charge is 0.378 e. The molecule has 0 saturated carbocycles. The van der Waals surface area contributed by atoms with Crippen LogP contribution in [0.1, 0.15) is 25.2 Å². The third-order valence-electron chi connectivity index (χ3n) is 3.07. The number of halogens is 3. The van der Waals surface area contributed by atoms with Crippen molar-refractivity contribution in [1.29, 1.82) is 0 Å². The topological polar surface area (TPSA) is 29.9 Å². The first-order chi connectivity index (χ1) is 9.56. The van der Waals surface area contributed by atoms with Gasteiger partial charge in [0.2, 0.25) is 0 Å². The van der Waals surface area contributed by atoms with E-state index in [9.17, 15) is 0 Å². The Morgan fingerprint density at radius 1 is 1.30 bits per heavy atom. The summed E-state index contributed by atoms with van der Waals surface area (Å²) >= 11 is 14.6. The first kappa shape index (κ1) is 15.9. The van der Waals surface area contributed by atoms with Crippen molar-refractivity contribution in [2.75, 3.05) is 5.32 Å². The van der Waals surface area contributed by atoms with Crippen molar-refractivity contribution in [2.24, 2.45) is 0 Å². The van der Waals surface area contributed by atoms with Crippen molar-refractivity contribution < 1.29 is 0 Å². The summed E-state index contributed by atoms with van der Waals surface area (Å²) in [5, 5.41) is 9.43. The van der Waals surface area contributed by atoms with Gasteiger partial charge in [-0.05, 0) is 54.1 Å². The van der Waals surface area contributed by atoms with E-state index in [-0.39, 0.29) is 0 Å². The number of nitrogens with one attached hydrogen (secondary N) is 1. The van der Waals surface area contributed by atoms with Crippen molar-refractivity contribution in [3.8, 4) is 0 Å². The number of nitrogens with zero attached hydrogens (tertiary/aromatic N) is 2. The highest BCUT2D eigenvalue weighted by Gasteiger charge is 2.14. The van der Waals surface area contributed by atoms with E-state index in [0.29, 0.717) is 6.54 Å². The van der Waals surface area contributed by atoms with Gasteiger partial charge >= 0.3 is 0 Å². The van der Waals surface area contributed by atoms with Crippen LogP contribution in [0.25, 0.3) is 0 Å². The summed E-state index contributed by atoms with van der Waals surface area (Å²) in [5.41, 5.74) is 3.03. The van der Waals surface area contributed by atoms with Crippen LogP contribution in [0.2, 0.25) is 10.0 Å². The molecular weight excluding hydrogens is 408 g/mol. The van der Waals surface area contributed by atoms with Gasteiger partial charge in [0.1, 0.15) is 0 Å². The van der Waals surface area contributed by atoms with Crippen LogP contribution in [0.4, 0.5) is 5.69 Å². The molecule has 3 nitrogen and oxygen atoms in total. The van der Waals surface area contributed by atoms with E-state index in [1.165, 1.54) is 0 Å². The number of hydrogen-bond donors (Lipinski definition) is 1. The smallest absolute Gasteiger partial charge is 0.0868 e. The van der Waals surface area contributed by atoms with Crippen molar-refractivity contribution >= 4 is 51.5 Å². The molecule has 20 heavy (non-hydrogen) atoms. The van der Waals surface area contributed by atoms with E-state index >= 15 is 0 Å². The lowest BCUT2D eigenvalue weighted by Crippen LogP contribution is -2.09. The van der Waals surface area contributed by atoms with Gasteiger partial charge in [-0.1, -0.05) is 30.1 Å². The molecule has 0 aliphatic rings. The Labute approximate surface area is 142 Å². The molecule has 0 spiro atoms. The molecule has 0 fully saturated rings. The second-order valence-electron chi connectivity index (χ2n) is 4.35. The van der Waals surface area contributed by atoms with E-state index in [4.69, 9.17) is 23.2 Å². The molecule has 1 heterocycles. The lowest BCUT2D eigenvalue weighted by atomic mass is 10.2. The molecule has 0 unspecified atom stereocenters. The maximum atomic E-state index is 6.39. The Kier molecular flexibility index (Phi) is 5.57. The molecule has 0 radical (unpaired) electrons. The van der Waals surface area contributed by atoms with E-state index in [2.05, 4.69) is 46.9 Å². The number of hydrogen-bond acceptors (Lipinski definition) is 2. The quantitative estimate of drug-likeness (QED) is 0.686. The number of rotatable bonds is 5. The SMILES string of the molecule is CCc1nn(CC)c(CNc2ccc(Cl)cc2I)c1Cl. The summed E-state index contributed by atoms with van der Waals surface area (Å²) in [6.07, 6.45) is 0.845. The molecule has 0 atom stereocenters. The lowest BCUT2D eigenvalue weighted by molar-refractivity contribution is 0.619. The fourth-order valence-corrected chi connectivity index (χ4v) is 3.40. The minimum Gasteiger partial charge on any atom is -0.378 e. The zero-order valence-corrected chi connectivity index (χ0v) is 15.1. The standard InChI is InChI=1S/C14H16Cl2IN3/c1-3-11-14(16)13(20(4-2)19-11)8-18-12-6-5-9(15)7-10(12)17/h5-7,18H,3-4,8H2,1-2H3. The van der Waals surface area contributed by atoms with Gasteiger partial charge in [0.05, 0.1) is 23.0 Å². The first-order valence-corrected chi connectivity index (χ1v) is 8.33. The third-order valence-corrected chi connectivity index (χ3v) is 4.64. The van der Waals surface area contributed by atoms with Crippen LogP contribution in [-0.4, -0.2) is 9.78 Å². The summed E-state index contributed by atoms with van der Waals surface area (Å²) in [5.74, 6) is 0. The van der Waals surface area contributed by atoms with Crippen molar-refractivity contribution in [3.05, 3.63) is 43.2 Å². The average molecular weight is 424 g/mol. The second kappa shape index (κ2) is 7.00. The second-order valence-corrected chi connectivity index (χ2v) is 6.33. The summed E-state index contributed by atoms with van der Waals surface area (Å²) in [4.78, 5) is 0. The molecule has 2 rings (SSSR count). The van der Waals surface area contributed by atoms with Gasteiger partial charge in [-0.2, -0.15) is 5.10 Å². The Balaban J connectivity index is 2.20. The van der Waals surface area contributed by atoms with Crippen LogP contribution < -0.4 is 5.32 Å². The molecule has 108 valence electrons. The maximum Gasteiger partial charge on any atom is 0.0868 e. The maximum absolute atomic E-state index is 6.39. The monoisotopic (exact) mass is 423 g/mol. The van der Waals surface area contributed by atoms with Gasteiger partial charge in [-0.25, -0.2) is 0 Å². The van der Waals surface area contributed by atoms with Crippen LogP contribution in [0, 0.1) is 3.57 Å². The fraction of sp³-hybridized carbons (Fsp3) is 0.357. The molecule has 0 aliphatic heterocycles. The average Bonchev–Trinajstić information content (AvgIpc) is 2.74. The minimum absolute atomic E-state index is 0.650. The molecule has 0 saturated heterocycles. The fourth-order valence-electron chi connectivity index (χ4n) is 2.00. The van der Waals surface area contributed by atoms with E-state index in [1.807, 2.05) is 22.9 Å². The number of benzene rings is 1. The molecule has 0 aliphatic carbocycles. The predicted octanol–water partition coefficient (Wildman–Crippen LogP) is 4.99. The van der Waals surface area contributed by atoms with Crippen LogP contribution in [0.3, 0.4) is 0 Å². The summed E-state index contributed by atoms with van der Waals surface area (Å²) in [6, 6.07) is 5.79. The van der Waals surface area contributed by atoms with Crippen molar-refractivity contribution in [2.45, 2.75) is 33.4 Å². The molecule has 0 amide bonds. The number of aromatic nitrogens is 2. The van der Waals surface area contributed by atoms with Crippen molar-refractivity contribution in [3.63, 3.8) is 0 Å². The van der Waals surface area contributed by atoms with Crippen molar-refractivity contribution in [1.82, 2.24) is 9.78 Å². The Hall–Kier alpha value is -0.460. The zero-order chi connectivity index (χ0) is 14.7. The van der Waals surface area contributed by atoms with Gasteiger partial charge < -0.3 is 5.32 Å². The van der Waals surface area contributed by atoms with Crippen LogP contribution in [0.15, 0.2) is 18.2 Å². The molecule has 0 bridgehead atoms. The number of anilines is 1. The summed E-state index contributed by atoms with van der Waals surface area (Å²) in [6.45, 7) is 5.59. The predicted molar refractivity (Wildman–Crippen MR) is 93.8 cm³/mol. The molecule has 1 aromatic heterocycles. The Bertz CT molecular complexity index is 611. The highest BCUT2D eigenvalue weighted by Crippen LogP contribution is 2.25. The summed E-state index contributed by atoms with van der Waals surface area (Å²) < 4.78 is 3.04. The summed E-state index contributed by atoms with van der Waals surface area (Å²) in [7, 11) is 0. The minimum atomic E-state index is 0.650. The van der Waals surface area contributed by atoms with Crippen LogP contribution in [-0.2, 0) is 19.5 Å². The lowest BCUT2D eigenvalue weighted by Gasteiger charge is -2.10. The Morgan fingerprint density at radius 3 is 2.65 bits per heavy atom. The van der Waals surface area contributed by atoms with Gasteiger partial charge in [-0.15, -0.1) is 0 Å². The molecule has 2 aromatic rings. The Morgan fingerprint density at radius 2 is 2.05 bits per heavy atom.